The van der Waals surface area contributed by atoms with Crippen LogP contribution in [0.3, 0.4) is 0 Å². The van der Waals surface area contributed by atoms with Crippen LogP contribution in [0.15, 0.2) is 36.4 Å². The van der Waals surface area contributed by atoms with Gasteiger partial charge in [-0.1, -0.05) is 24.3 Å². The average molecular weight is 340 g/mol. The molecule has 3 aliphatic rings. The third-order valence-electron chi connectivity index (χ3n) is 5.39. The Balaban J connectivity index is 1.54. The Kier molecular flexibility index (Phi) is 3.82. The van der Waals surface area contributed by atoms with Crippen molar-refractivity contribution in [2.24, 2.45) is 23.7 Å². The summed E-state index contributed by atoms with van der Waals surface area (Å²) in [6.45, 7) is 0. The minimum Gasteiger partial charge on any atom is -0.481 e. The van der Waals surface area contributed by atoms with Crippen molar-refractivity contribution in [1.82, 2.24) is 5.32 Å². The van der Waals surface area contributed by atoms with Crippen LogP contribution in [-0.4, -0.2) is 28.9 Å². The van der Waals surface area contributed by atoms with Crippen molar-refractivity contribution in [3.8, 4) is 0 Å². The van der Waals surface area contributed by atoms with E-state index in [9.17, 15) is 19.5 Å². The van der Waals surface area contributed by atoms with E-state index in [1.165, 1.54) is 0 Å². The number of amides is 2. The van der Waals surface area contributed by atoms with Gasteiger partial charge in [0.25, 0.3) is 5.91 Å². The smallest absolute Gasteiger partial charge is 0.307 e. The molecule has 1 aromatic rings. The summed E-state index contributed by atoms with van der Waals surface area (Å²) in [5.74, 6) is -2.87. The molecule has 2 amide bonds. The first-order valence-electron chi connectivity index (χ1n) is 8.66. The fraction of sp³-hybridized carbons (Fsp3) is 0.421. The molecule has 130 valence electrons. The Morgan fingerprint density at radius 3 is 2.36 bits per heavy atom. The highest BCUT2D eigenvalue weighted by atomic mass is 16.4. The molecule has 4 atom stereocenters. The molecule has 3 aliphatic carbocycles. The van der Waals surface area contributed by atoms with Gasteiger partial charge in [0, 0.05) is 6.04 Å². The van der Waals surface area contributed by atoms with Gasteiger partial charge in [0.2, 0.25) is 5.91 Å². The lowest BCUT2D eigenvalue weighted by Crippen LogP contribution is -2.37. The highest BCUT2D eigenvalue weighted by molar-refractivity contribution is 6.05. The van der Waals surface area contributed by atoms with Gasteiger partial charge < -0.3 is 15.7 Å². The third-order valence-corrected chi connectivity index (χ3v) is 5.39. The molecule has 0 saturated heterocycles. The number of benzene rings is 1. The zero-order valence-electron chi connectivity index (χ0n) is 13.6. The van der Waals surface area contributed by atoms with E-state index in [0.717, 1.165) is 12.8 Å². The van der Waals surface area contributed by atoms with Crippen LogP contribution in [-0.2, 0) is 9.59 Å². The van der Waals surface area contributed by atoms with Crippen LogP contribution >= 0.6 is 0 Å². The predicted molar refractivity (Wildman–Crippen MR) is 90.9 cm³/mol. The van der Waals surface area contributed by atoms with Gasteiger partial charge in [-0.3, -0.25) is 14.4 Å². The van der Waals surface area contributed by atoms with E-state index >= 15 is 0 Å². The largest absolute Gasteiger partial charge is 0.481 e. The van der Waals surface area contributed by atoms with Crippen molar-refractivity contribution in [1.29, 1.82) is 0 Å². The lowest BCUT2D eigenvalue weighted by molar-refractivity contribution is -0.146. The van der Waals surface area contributed by atoms with E-state index in [2.05, 4.69) is 10.6 Å². The van der Waals surface area contributed by atoms with E-state index < -0.39 is 17.8 Å². The summed E-state index contributed by atoms with van der Waals surface area (Å²) in [7, 11) is 0. The van der Waals surface area contributed by atoms with E-state index in [-0.39, 0.29) is 29.7 Å². The lowest BCUT2D eigenvalue weighted by Gasteiger charge is -2.24. The summed E-state index contributed by atoms with van der Waals surface area (Å²) in [5, 5.41) is 15.2. The molecule has 2 bridgehead atoms. The molecular weight excluding hydrogens is 320 g/mol. The number of carbonyl (C=O) groups is 3. The van der Waals surface area contributed by atoms with Crippen molar-refractivity contribution >= 4 is 23.5 Å². The molecule has 0 aromatic heterocycles. The van der Waals surface area contributed by atoms with E-state index in [0.29, 0.717) is 17.7 Å². The van der Waals surface area contributed by atoms with Crippen LogP contribution in [0.1, 0.15) is 29.6 Å². The minimum atomic E-state index is -0.934. The quantitative estimate of drug-likeness (QED) is 0.715. The van der Waals surface area contributed by atoms with Crippen LogP contribution < -0.4 is 10.6 Å². The number of para-hydroxylation sites is 1. The van der Waals surface area contributed by atoms with Crippen LogP contribution in [0, 0.1) is 23.7 Å². The summed E-state index contributed by atoms with van der Waals surface area (Å²) in [6.07, 6.45) is 6.53. The number of anilines is 1. The number of rotatable bonds is 5. The molecule has 4 rings (SSSR count). The molecule has 2 saturated carbocycles. The number of hydrogen-bond donors (Lipinski definition) is 3. The first kappa shape index (κ1) is 15.9. The molecule has 25 heavy (non-hydrogen) atoms. The normalized spacial score (nSPS) is 29.4. The summed E-state index contributed by atoms with van der Waals surface area (Å²) in [5.41, 5.74) is 0.842. The maximum absolute atomic E-state index is 12.8. The van der Waals surface area contributed by atoms with Gasteiger partial charge >= 0.3 is 5.97 Å². The Morgan fingerprint density at radius 2 is 1.68 bits per heavy atom. The summed E-state index contributed by atoms with van der Waals surface area (Å²) in [4.78, 5) is 36.7. The molecule has 0 unspecified atom stereocenters. The number of nitrogens with one attached hydrogen (secondary N) is 2. The standard InChI is InChI=1S/C19H20N2O4/c22-17(20-12-7-8-12)13-3-1-2-4-14(13)21-18(23)15-10-5-6-11(9-10)16(15)19(24)25/h1-6,10-12,15-16H,7-9H2,(H,20,22)(H,21,23)(H,24,25)/t10-,11-,15-,16-/m0/s1. The van der Waals surface area contributed by atoms with Gasteiger partial charge in [-0.25, -0.2) is 0 Å². The van der Waals surface area contributed by atoms with Crippen molar-refractivity contribution in [2.75, 3.05) is 5.32 Å². The Bertz CT molecular complexity index is 768. The van der Waals surface area contributed by atoms with Crippen LogP contribution in [0.25, 0.3) is 0 Å². The second-order valence-electron chi connectivity index (χ2n) is 7.12. The number of carbonyl (C=O) groups excluding carboxylic acids is 2. The number of allylic oxidation sites excluding steroid dienone is 2. The second-order valence-corrected chi connectivity index (χ2v) is 7.12. The van der Waals surface area contributed by atoms with Crippen LogP contribution in [0.2, 0.25) is 0 Å². The van der Waals surface area contributed by atoms with Gasteiger partial charge in [-0.2, -0.15) is 0 Å². The molecule has 1 aromatic carbocycles. The topological polar surface area (TPSA) is 95.5 Å². The van der Waals surface area contributed by atoms with Gasteiger partial charge in [-0.15, -0.1) is 0 Å². The van der Waals surface area contributed by atoms with Crippen LogP contribution in [0.4, 0.5) is 5.69 Å². The van der Waals surface area contributed by atoms with Gasteiger partial charge in [0.1, 0.15) is 0 Å². The van der Waals surface area contributed by atoms with Gasteiger partial charge in [0.15, 0.2) is 0 Å². The molecule has 0 spiro atoms. The molecule has 6 heteroatoms. The molecule has 0 heterocycles. The number of aliphatic carboxylic acids is 1. The molecule has 0 aliphatic heterocycles. The molecule has 0 radical (unpaired) electrons. The third kappa shape index (κ3) is 2.92. The monoisotopic (exact) mass is 340 g/mol. The van der Waals surface area contributed by atoms with Gasteiger partial charge in [0.05, 0.1) is 23.1 Å². The lowest BCUT2D eigenvalue weighted by atomic mass is 9.82. The first-order chi connectivity index (χ1) is 12.0. The maximum Gasteiger partial charge on any atom is 0.307 e. The molecule has 2 fully saturated rings. The highest BCUT2D eigenvalue weighted by Crippen LogP contribution is 2.48. The summed E-state index contributed by atoms with van der Waals surface area (Å²) >= 11 is 0. The number of carboxylic acids is 1. The first-order valence-corrected chi connectivity index (χ1v) is 8.66. The summed E-state index contributed by atoms with van der Waals surface area (Å²) < 4.78 is 0. The predicted octanol–water partition coefficient (Wildman–Crippen LogP) is 2.04. The summed E-state index contributed by atoms with van der Waals surface area (Å²) in [6, 6.07) is 7.07. The molecule has 3 N–H and O–H groups in total. The second kappa shape index (κ2) is 6.02. The Labute approximate surface area is 145 Å². The number of hydrogen-bond acceptors (Lipinski definition) is 3. The Morgan fingerprint density at radius 1 is 1.00 bits per heavy atom. The van der Waals surface area contributed by atoms with E-state index in [4.69, 9.17) is 0 Å². The maximum atomic E-state index is 12.8. The van der Waals surface area contributed by atoms with Crippen LogP contribution in [0.5, 0.6) is 0 Å². The van der Waals surface area contributed by atoms with Crippen molar-refractivity contribution in [3.05, 3.63) is 42.0 Å². The Hall–Kier alpha value is -2.63. The number of fused-ring (bicyclic) bond motifs is 2. The number of carboxylic acid groups (broad SMARTS) is 1. The van der Waals surface area contributed by atoms with Crippen molar-refractivity contribution in [2.45, 2.75) is 25.3 Å². The average Bonchev–Trinajstić information content (AvgIpc) is 3.16. The van der Waals surface area contributed by atoms with E-state index in [1.807, 2.05) is 12.2 Å². The minimum absolute atomic E-state index is 0.0430. The van der Waals surface area contributed by atoms with Crippen molar-refractivity contribution in [3.63, 3.8) is 0 Å². The molecular formula is C19H20N2O4. The highest BCUT2D eigenvalue weighted by Gasteiger charge is 2.51. The molecule has 6 nitrogen and oxygen atoms in total. The SMILES string of the molecule is O=C(NC1CC1)c1ccccc1NC(=O)[C@@H]1[C@@H](C(=O)O)[C@H]2C=C[C@H]1C2. The fourth-order valence-corrected chi connectivity index (χ4v) is 4.01. The zero-order chi connectivity index (χ0) is 17.6. The fourth-order valence-electron chi connectivity index (χ4n) is 4.01. The van der Waals surface area contributed by atoms with Crippen molar-refractivity contribution < 1.29 is 19.5 Å². The van der Waals surface area contributed by atoms with E-state index in [1.54, 1.807) is 24.3 Å². The zero-order valence-corrected chi connectivity index (χ0v) is 13.6. The van der Waals surface area contributed by atoms with Gasteiger partial charge in [-0.05, 0) is 43.2 Å².